The molecule has 0 bridgehead atoms. The number of fused-ring (bicyclic) bond motifs is 3. The number of carbonyl (C=O) groups is 3. The molecule has 0 radical (unpaired) electrons. The number of ether oxygens (including phenoxy) is 2. The van der Waals surface area contributed by atoms with Crippen molar-refractivity contribution in [1.29, 1.82) is 0 Å². The second-order valence-corrected chi connectivity index (χ2v) is 11.9. The number of carboxylic acids is 1. The third-order valence-electron chi connectivity index (χ3n) is 9.53. The van der Waals surface area contributed by atoms with Gasteiger partial charge in [0.1, 0.15) is 6.61 Å². The largest absolute Gasteiger partial charge is 0.480 e. The number of hydrogen-bond donors (Lipinski definition) is 3. The van der Waals surface area contributed by atoms with Gasteiger partial charge in [0, 0.05) is 12.5 Å². The molecule has 3 aliphatic carbocycles. The lowest BCUT2D eigenvalue weighted by molar-refractivity contribution is -0.148. The van der Waals surface area contributed by atoms with Crippen LogP contribution in [0.3, 0.4) is 0 Å². The Morgan fingerprint density at radius 3 is 2.12 bits per heavy atom. The van der Waals surface area contributed by atoms with Crippen LogP contribution >= 0.6 is 0 Å². The number of hydrogen-bond acceptors (Lipinski definition) is 5. The number of aliphatic carboxylic acids is 1. The van der Waals surface area contributed by atoms with E-state index < -0.39 is 29.6 Å². The van der Waals surface area contributed by atoms with Crippen LogP contribution in [0.5, 0.6) is 0 Å². The fourth-order valence-electron chi connectivity index (χ4n) is 6.87. The second-order valence-electron chi connectivity index (χ2n) is 11.9. The Morgan fingerprint density at radius 2 is 1.55 bits per heavy atom. The third kappa shape index (κ3) is 5.04. The minimum Gasteiger partial charge on any atom is -0.480 e. The standard InChI is InChI=1S/C34H36N2O6/c1-22(41-18-23-10-3-2-4-11-23)29(30(37)38)36-31(39)34(20-33(34)16-9-17-33)21-35-32(40)42-19-28-26-14-7-5-12-24(26)25-13-6-8-15-27(25)28/h2-8,10-15,22,28-29H,9,16-21H2,1H3,(H,35,40)(H,36,39)(H,37,38)/t22-,29+,34?/m0/s1. The molecule has 0 saturated heterocycles. The Morgan fingerprint density at radius 1 is 0.929 bits per heavy atom. The van der Waals surface area contributed by atoms with E-state index in [1.807, 2.05) is 54.6 Å². The summed E-state index contributed by atoms with van der Waals surface area (Å²) in [4.78, 5) is 38.7. The van der Waals surface area contributed by atoms with Crippen LogP contribution in [0.1, 0.15) is 55.2 Å². The number of amides is 2. The van der Waals surface area contributed by atoms with Gasteiger partial charge >= 0.3 is 12.1 Å². The van der Waals surface area contributed by atoms with E-state index in [0.29, 0.717) is 6.42 Å². The summed E-state index contributed by atoms with van der Waals surface area (Å²) >= 11 is 0. The maximum Gasteiger partial charge on any atom is 0.407 e. The van der Waals surface area contributed by atoms with Crippen molar-refractivity contribution >= 4 is 18.0 Å². The van der Waals surface area contributed by atoms with Gasteiger partial charge < -0.3 is 25.2 Å². The van der Waals surface area contributed by atoms with Gasteiger partial charge in [-0.3, -0.25) is 4.79 Å². The van der Waals surface area contributed by atoms with Gasteiger partial charge in [-0.2, -0.15) is 0 Å². The van der Waals surface area contributed by atoms with Crippen molar-refractivity contribution in [1.82, 2.24) is 10.6 Å². The van der Waals surface area contributed by atoms with Crippen molar-refractivity contribution in [3.8, 4) is 11.1 Å². The highest BCUT2D eigenvalue weighted by Crippen LogP contribution is 2.73. The van der Waals surface area contributed by atoms with Crippen molar-refractivity contribution in [3.63, 3.8) is 0 Å². The first-order valence-electron chi connectivity index (χ1n) is 14.6. The summed E-state index contributed by atoms with van der Waals surface area (Å²) < 4.78 is 11.5. The van der Waals surface area contributed by atoms with Gasteiger partial charge in [-0.25, -0.2) is 9.59 Å². The molecule has 8 nitrogen and oxygen atoms in total. The quantitative estimate of drug-likeness (QED) is 0.291. The van der Waals surface area contributed by atoms with Gasteiger partial charge in [0.2, 0.25) is 5.91 Å². The molecule has 3 aromatic rings. The molecule has 2 saturated carbocycles. The van der Waals surface area contributed by atoms with Crippen LogP contribution in [0.4, 0.5) is 4.79 Å². The molecule has 8 heteroatoms. The highest BCUT2D eigenvalue weighted by atomic mass is 16.5. The molecule has 218 valence electrons. The maximum absolute atomic E-state index is 13.7. The fourth-order valence-corrected chi connectivity index (χ4v) is 6.87. The molecule has 3 aliphatic rings. The van der Waals surface area contributed by atoms with Gasteiger partial charge in [-0.05, 0) is 59.4 Å². The molecule has 3 atom stereocenters. The first kappa shape index (κ1) is 28.0. The van der Waals surface area contributed by atoms with Gasteiger partial charge in [0.15, 0.2) is 6.04 Å². The first-order valence-corrected chi connectivity index (χ1v) is 14.6. The van der Waals surface area contributed by atoms with Gasteiger partial charge in [0.25, 0.3) is 0 Å². The average Bonchev–Trinajstić information content (AvgIpc) is 3.61. The van der Waals surface area contributed by atoms with Gasteiger partial charge in [-0.1, -0.05) is 85.3 Å². The summed E-state index contributed by atoms with van der Waals surface area (Å²) in [5.74, 6) is -1.58. The van der Waals surface area contributed by atoms with E-state index in [-0.39, 0.29) is 37.0 Å². The molecule has 1 unspecified atom stereocenters. The van der Waals surface area contributed by atoms with E-state index in [1.54, 1.807) is 6.92 Å². The zero-order chi connectivity index (χ0) is 29.3. The summed E-state index contributed by atoms with van der Waals surface area (Å²) in [5, 5.41) is 15.5. The molecule has 2 fully saturated rings. The molecule has 0 aliphatic heterocycles. The molecule has 6 rings (SSSR count). The highest BCUT2D eigenvalue weighted by Gasteiger charge is 2.73. The monoisotopic (exact) mass is 568 g/mol. The number of nitrogens with one attached hydrogen (secondary N) is 2. The molecular weight excluding hydrogens is 532 g/mol. The average molecular weight is 569 g/mol. The predicted octanol–water partition coefficient (Wildman–Crippen LogP) is 5.26. The Balaban J connectivity index is 1.08. The van der Waals surface area contributed by atoms with Crippen LogP contribution in [-0.4, -0.2) is 48.4 Å². The van der Waals surface area contributed by atoms with E-state index in [9.17, 15) is 19.5 Å². The predicted molar refractivity (Wildman–Crippen MR) is 157 cm³/mol. The van der Waals surface area contributed by atoms with Crippen LogP contribution in [0.25, 0.3) is 11.1 Å². The topological polar surface area (TPSA) is 114 Å². The molecular formula is C34H36N2O6. The lowest BCUT2D eigenvalue weighted by Crippen LogP contribution is -2.54. The Kier molecular flexibility index (Phi) is 7.49. The molecule has 0 aromatic heterocycles. The van der Waals surface area contributed by atoms with Crippen molar-refractivity contribution in [2.45, 2.75) is 57.3 Å². The van der Waals surface area contributed by atoms with Crippen LogP contribution in [0.15, 0.2) is 78.9 Å². The van der Waals surface area contributed by atoms with Crippen LogP contribution < -0.4 is 10.6 Å². The Bertz CT molecular complexity index is 1440. The first-order chi connectivity index (χ1) is 20.3. The van der Waals surface area contributed by atoms with E-state index in [4.69, 9.17) is 9.47 Å². The zero-order valence-electron chi connectivity index (χ0n) is 23.7. The van der Waals surface area contributed by atoms with E-state index >= 15 is 0 Å². The third-order valence-corrected chi connectivity index (χ3v) is 9.53. The number of carbonyl (C=O) groups excluding carboxylic acids is 2. The molecule has 3 aromatic carbocycles. The summed E-state index contributed by atoms with van der Waals surface area (Å²) in [6, 6.07) is 24.5. The fraction of sp³-hybridized carbons (Fsp3) is 0.382. The molecule has 3 N–H and O–H groups in total. The second kappa shape index (κ2) is 11.2. The van der Waals surface area contributed by atoms with E-state index in [2.05, 4.69) is 34.9 Å². The molecule has 1 spiro atoms. The lowest BCUT2D eigenvalue weighted by atomic mass is 9.74. The summed E-state index contributed by atoms with van der Waals surface area (Å²) in [7, 11) is 0. The minimum atomic E-state index is -1.22. The van der Waals surface area contributed by atoms with Crippen LogP contribution in [0.2, 0.25) is 0 Å². The SMILES string of the molecule is C[C@H](OCc1ccccc1)[C@@H](NC(=O)C1(CNC(=O)OCC2c3ccccc3-c3ccccc32)CC12CCC2)C(=O)O. The summed E-state index contributed by atoms with van der Waals surface area (Å²) in [6.45, 7) is 2.17. The van der Waals surface area contributed by atoms with Crippen LogP contribution in [-0.2, 0) is 25.7 Å². The van der Waals surface area contributed by atoms with Crippen molar-refractivity contribution < 1.29 is 29.0 Å². The number of carboxylic acid groups (broad SMARTS) is 1. The number of alkyl carbamates (subject to hydrolysis) is 1. The van der Waals surface area contributed by atoms with Crippen molar-refractivity contribution in [3.05, 3.63) is 95.6 Å². The normalized spacial score (nSPS) is 20.9. The summed E-state index contributed by atoms with van der Waals surface area (Å²) in [5.41, 5.74) is 4.41. The van der Waals surface area contributed by atoms with E-state index in [0.717, 1.165) is 47.1 Å². The minimum absolute atomic E-state index is 0.0620. The molecule has 42 heavy (non-hydrogen) atoms. The maximum atomic E-state index is 13.7. The van der Waals surface area contributed by atoms with Gasteiger partial charge in [0.05, 0.1) is 18.1 Å². The molecule has 2 amide bonds. The smallest absolute Gasteiger partial charge is 0.407 e. The Labute approximate surface area is 245 Å². The van der Waals surface area contributed by atoms with Gasteiger partial charge in [-0.15, -0.1) is 0 Å². The molecule has 0 heterocycles. The van der Waals surface area contributed by atoms with Crippen LogP contribution in [0, 0.1) is 10.8 Å². The summed E-state index contributed by atoms with van der Waals surface area (Å²) in [6.07, 6.45) is 2.05. The van der Waals surface area contributed by atoms with Crippen molar-refractivity contribution in [2.75, 3.05) is 13.2 Å². The Hall–Kier alpha value is -4.17. The van der Waals surface area contributed by atoms with Crippen molar-refractivity contribution in [2.24, 2.45) is 10.8 Å². The highest BCUT2D eigenvalue weighted by molar-refractivity contribution is 5.92. The number of benzene rings is 3. The number of rotatable bonds is 11. The lowest BCUT2D eigenvalue weighted by Gasteiger charge is -2.33. The zero-order valence-corrected chi connectivity index (χ0v) is 23.7. The van der Waals surface area contributed by atoms with E-state index in [1.165, 1.54) is 0 Å².